The van der Waals surface area contributed by atoms with Gasteiger partial charge in [0, 0.05) is 19.0 Å². The lowest BCUT2D eigenvalue weighted by atomic mass is 9.74. The molecule has 3 fully saturated rings. The van der Waals surface area contributed by atoms with Gasteiger partial charge in [-0.25, -0.2) is 0 Å². The lowest BCUT2D eigenvalue weighted by molar-refractivity contribution is -0.138. The summed E-state index contributed by atoms with van der Waals surface area (Å²) in [5.74, 6) is 2.16. The van der Waals surface area contributed by atoms with E-state index in [0.29, 0.717) is 11.9 Å². The maximum Gasteiger partial charge on any atom is 0.222 e. The zero-order valence-electron chi connectivity index (χ0n) is 8.04. The Morgan fingerprint density at radius 2 is 1.85 bits per heavy atom. The number of carbonyl (C=O) groups is 1. The van der Waals surface area contributed by atoms with Crippen molar-refractivity contribution in [3.63, 3.8) is 0 Å². The smallest absolute Gasteiger partial charge is 0.222 e. The largest absolute Gasteiger partial charge is 0.339 e. The summed E-state index contributed by atoms with van der Waals surface area (Å²) in [5, 5.41) is 0. The Labute approximate surface area is 79.3 Å². The van der Waals surface area contributed by atoms with Crippen molar-refractivity contribution in [2.75, 3.05) is 6.54 Å². The van der Waals surface area contributed by atoms with Gasteiger partial charge in [0.2, 0.25) is 5.91 Å². The van der Waals surface area contributed by atoms with E-state index in [0.717, 1.165) is 24.8 Å². The molecule has 3 unspecified atom stereocenters. The van der Waals surface area contributed by atoms with Crippen LogP contribution in [0.2, 0.25) is 0 Å². The lowest BCUT2D eigenvalue weighted by Crippen LogP contribution is -2.48. The van der Waals surface area contributed by atoms with Gasteiger partial charge in [0.05, 0.1) is 0 Å². The maximum absolute atomic E-state index is 11.6. The Hall–Kier alpha value is -0.530. The topological polar surface area (TPSA) is 20.3 Å². The highest BCUT2D eigenvalue weighted by Gasteiger charge is 2.45. The van der Waals surface area contributed by atoms with E-state index in [1.807, 2.05) is 0 Å². The quantitative estimate of drug-likeness (QED) is 0.555. The van der Waals surface area contributed by atoms with Gasteiger partial charge in [-0.2, -0.15) is 0 Å². The van der Waals surface area contributed by atoms with Gasteiger partial charge in [-0.15, -0.1) is 0 Å². The number of rotatable bonds is 0. The van der Waals surface area contributed by atoms with Crippen LogP contribution in [0.4, 0.5) is 0 Å². The average molecular weight is 179 g/mol. The van der Waals surface area contributed by atoms with E-state index >= 15 is 0 Å². The number of hydrogen-bond acceptors (Lipinski definition) is 1. The Kier molecular flexibility index (Phi) is 1.64. The van der Waals surface area contributed by atoms with Crippen molar-refractivity contribution in [2.24, 2.45) is 11.8 Å². The fraction of sp³-hybridized carbons (Fsp3) is 0.909. The van der Waals surface area contributed by atoms with E-state index in [9.17, 15) is 4.79 Å². The van der Waals surface area contributed by atoms with Crippen LogP contribution in [0.3, 0.4) is 0 Å². The van der Waals surface area contributed by atoms with Gasteiger partial charge in [-0.1, -0.05) is 6.42 Å². The Balaban J connectivity index is 1.89. The SMILES string of the molecule is O=C1CCC2CCCC3CCN1C23. The second-order valence-corrected chi connectivity index (χ2v) is 4.86. The summed E-state index contributed by atoms with van der Waals surface area (Å²) in [7, 11) is 0. The van der Waals surface area contributed by atoms with Crippen LogP contribution in [-0.2, 0) is 4.79 Å². The summed E-state index contributed by atoms with van der Waals surface area (Å²) in [6, 6.07) is 0.662. The molecule has 3 atom stereocenters. The molecule has 3 aliphatic rings. The highest BCUT2D eigenvalue weighted by Crippen LogP contribution is 2.44. The van der Waals surface area contributed by atoms with E-state index in [1.54, 1.807) is 0 Å². The van der Waals surface area contributed by atoms with Gasteiger partial charge < -0.3 is 4.90 Å². The van der Waals surface area contributed by atoms with Crippen LogP contribution in [0.1, 0.15) is 38.5 Å². The first-order chi connectivity index (χ1) is 6.36. The summed E-state index contributed by atoms with van der Waals surface area (Å²) in [6.45, 7) is 1.06. The summed E-state index contributed by atoms with van der Waals surface area (Å²) in [4.78, 5) is 13.8. The molecule has 3 rings (SSSR count). The number of piperidine rings is 1. The third-order valence-electron chi connectivity index (χ3n) is 4.27. The zero-order chi connectivity index (χ0) is 8.84. The number of amides is 1. The molecule has 0 aromatic heterocycles. The van der Waals surface area contributed by atoms with E-state index in [2.05, 4.69) is 4.90 Å². The first-order valence-electron chi connectivity index (χ1n) is 5.66. The van der Waals surface area contributed by atoms with Gasteiger partial charge in [-0.05, 0) is 37.5 Å². The molecule has 1 saturated carbocycles. The van der Waals surface area contributed by atoms with Gasteiger partial charge in [-0.3, -0.25) is 4.79 Å². The van der Waals surface area contributed by atoms with Crippen molar-refractivity contribution in [2.45, 2.75) is 44.6 Å². The standard InChI is InChI=1S/C11H17NO/c13-10-5-4-8-2-1-3-9-6-7-12(10)11(8)9/h8-9,11H,1-7H2. The fourth-order valence-electron chi connectivity index (χ4n) is 3.71. The lowest BCUT2D eigenvalue weighted by Gasteiger charge is -2.42. The minimum atomic E-state index is 0.436. The normalized spacial score (nSPS) is 43.5. The molecule has 1 aliphatic carbocycles. The molecule has 2 saturated heterocycles. The third-order valence-corrected chi connectivity index (χ3v) is 4.27. The molecule has 0 radical (unpaired) electrons. The first kappa shape index (κ1) is 7.84. The summed E-state index contributed by atoms with van der Waals surface area (Å²) in [5.41, 5.74) is 0. The van der Waals surface area contributed by atoms with Gasteiger partial charge in [0.1, 0.15) is 0 Å². The molecule has 72 valence electrons. The van der Waals surface area contributed by atoms with Crippen LogP contribution in [0.25, 0.3) is 0 Å². The molecular formula is C11H17NO. The Morgan fingerprint density at radius 1 is 1.08 bits per heavy atom. The second-order valence-electron chi connectivity index (χ2n) is 4.86. The molecule has 13 heavy (non-hydrogen) atoms. The van der Waals surface area contributed by atoms with Crippen LogP contribution in [0.15, 0.2) is 0 Å². The molecule has 0 N–H and O–H groups in total. The van der Waals surface area contributed by atoms with Crippen molar-refractivity contribution < 1.29 is 4.79 Å². The predicted molar refractivity (Wildman–Crippen MR) is 50.2 cm³/mol. The molecule has 2 aliphatic heterocycles. The van der Waals surface area contributed by atoms with Gasteiger partial charge in [0.25, 0.3) is 0 Å². The summed E-state index contributed by atoms with van der Waals surface area (Å²) in [6.07, 6.45) is 7.46. The molecule has 0 bridgehead atoms. The van der Waals surface area contributed by atoms with Crippen LogP contribution >= 0.6 is 0 Å². The molecule has 2 nitrogen and oxygen atoms in total. The van der Waals surface area contributed by atoms with Crippen molar-refractivity contribution in [1.82, 2.24) is 4.90 Å². The molecule has 1 amide bonds. The van der Waals surface area contributed by atoms with Crippen molar-refractivity contribution in [1.29, 1.82) is 0 Å². The first-order valence-corrected chi connectivity index (χ1v) is 5.66. The van der Waals surface area contributed by atoms with E-state index in [4.69, 9.17) is 0 Å². The van der Waals surface area contributed by atoms with Crippen LogP contribution in [0, 0.1) is 11.8 Å². The number of nitrogens with zero attached hydrogens (tertiary/aromatic N) is 1. The Morgan fingerprint density at radius 3 is 2.69 bits per heavy atom. The number of hydrogen-bond donors (Lipinski definition) is 0. The summed E-state index contributed by atoms with van der Waals surface area (Å²) >= 11 is 0. The van der Waals surface area contributed by atoms with E-state index < -0.39 is 0 Å². The van der Waals surface area contributed by atoms with Crippen molar-refractivity contribution in [3.8, 4) is 0 Å². The predicted octanol–water partition coefficient (Wildman–Crippen LogP) is 1.80. The average Bonchev–Trinajstić information content (AvgIpc) is 2.57. The third kappa shape index (κ3) is 1.04. The van der Waals surface area contributed by atoms with Crippen LogP contribution in [-0.4, -0.2) is 23.4 Å². The van der Waals surface area contributed by atoms with E-state index in [1.165, 1.54) is 32.1 Å². The maximum atomic E-state index is 11.6. The Bertz CT molecular complexity index is 238. The van der Waals surface area contributed by atoms with Crippen molar-refractivity contribution in [3.05, 3.63) is 0 Å². The molecule has 0 spiro atoms. The number of carbonyl (C=O) groups excluding carboxylic acids is 1. The molecule has 0 aromatic carbocycles. The molecule has 0 aromatic rings. The van der Waals surface area contributed by atoms with Gasteiger partial charge in [0.15, 0.2) is 0 Å². The summed E-state index contributed by atoms with van der Waals surface area (Å²) < 4.78 is 0. The monoisotopic (exact) mass is 179 g/mol. The van der Waals surface area contributed by atoms with Crippen molar-refractivity contribution >= 4 is 5.91 Å². The molecule has 2 heteroatoms. The van der Waals surface area contributed by atoms with Gasteiger partial charge >= 0.3 is 0 Å². The van der Waals surface area contributed by atoms with E-state index in [-0.39, 0.29) is 0 Å². The highest BCUT2D eigenvalue weighted by molar-refractivity contribution is 5.77. The molecular weight excluding hydrogens is 162 g/mol. The van der Waals surface area contributed by atoms with Crippen LogP contribution < -0.4 is 0 Å². The zero-order valence-corrected chi connectivity index (χ0v) is 8.04. The fourth-order valence-corrected chi connectivity index (χ4v) is 3.71. The van der Waals surface area contributed by atoms with Crippen LogP contribution in [0.5, 0.6) is 0 Å². The second kappa shape index (κ2) is 2.73. The molecule has 2 heterocycles. The minimum Gasteiger partial charge on any atom is -0.339 e. The highest BCUT2D eigenvalue weighted by atomic mass is 16.2. The minimum absolute atomic E-state index is 0.436.